The van der Waals surface area contributed by atoms with E-state index in [0.29, 0.717) is 0 Å². The number of hydrogen-bond acceptors (Lipinski definition) is 3. The molecule has 114 valence electrons. The lowest BCUT2D eigenvalue weighted by atomic mass is 10.3. The van der Waals surface area contributed by atoms with E-state index in [4.69, 9.17) is 0 Å². The zero-order chi connectivity index (χ0) is 14.9. The smallest absolute Gasteiger partial charge is 0.315 e. The first-order chi connectivity index (χ1) is 8.52. The van der Waals surface area contributed by atoms with Crippen LogP contribution in [0.1, 0.15) is 6.92 Å². The molecule has 1 fully saturated rings. The standard InChI is InChI=1S/C9H13F7N2O/c1-2-19-8(12,13)7(10,11)17-3-5-18(6-4-17)9(14,15)16/h2-6H2,1H3. The summed E-state index contributed by atoms with van der Waals surface area (Å²) in [5.41, 5.74) is 0. The Morgan fingerprint density at radius 2 is 1.26 bits per heavy atom. The summed E-state index contributed by atoms with van der Waals surface area (Å²) >= 11 is 0. The molecule has 19 heavy (non-hydrogen) atoms. The molecule has 0 aromatic carbocycles. The van der Waals surface area contributed by atoms with Gasteiger partial charge in [0.05, 0.1) is 6.61 Å². The van der Waals surface area contributed by atoms with Crippen molar-refractivity contribution in [2.75, 3.05) is 32.8 Å². The average Bonchev–Trinajstić information content (AvgIpc) is 2.27. The third kappa shape index (κ3) is 3.48. The summed E-state index contributed by atoms with van der Waals surface area (Å²) in [5, 5.41) is 0. The molecule has 0 atom stereocenters. The Balaban J connectivity index is 2.69. The summed E-state index contributed by atoms with van der Waals surface area (Å²) in [7, 11) is 0. The van der Waals surface area contributed by atoms with Crippen molar-refractivity contribution in [1.82, 2.24) is 9.80 Å². The second kappa shape index (κ2) is 5.41. The Kier molecular flexibility index (Phi) is 4.68. The van der Waals surface area contributed by atoms with Gasteiger partial charge in [-0.3, -0.25) is 0 Å². The van der Waals surface area contributed by atoms with Crippen LogP contribution in [0.2, 0.25) is 0 Å². The van der Waals surface area contributed by atoms with Crippen LogP contribution in [-0.2, 0) is 4.74 Å². The Labute approximate surface area is 104 Å². The molecule has 1 aliphatic rings. The molecule has 0 spiro atoms. The molecule has 1 aliphatic heterocycles. The quantitative estimate of drug-likeness (QED) is 0.585. The van der Waals surface area contributed by atoms with Gasteiger partial charge >= 0.3 is 18.5 Å². The Bertz CT molecular complexity index is 299. The van der Waals surface area contributed by atoms with E-state index in [1.54, 1.807) is 0 Å². The van der Waals surface area contributed by atoms with Crippen molar-refractivity contribution >= 4 is 0 Å². The first-order valence-corrected chi connectivity index (χ1v) is 5.48. The van der Waals surface area contributed by atoms with Crippen molar-refractivity contribution in [1.29, 1.82) is 0 Å². The largest absolute Gasteiger partial charge is 0.460 e. The van der Waals surface area contributed by atoms with Gasteiger partial charge in [0.25, 0.3) is 0 Å². The minimum Gasteiger partial charge on any atom is -0.315 e. The molecule has 0 N–H and O–H groups in total. The zero-order valence-electron chi connectivity index (χ0n) is 9.98. The van der Waals surface area contributed by atoms with Crippen LogP contribution in [0, 0.1) is 0 Å². The van der Waals surface area contributed by atoms with E-state index in [0.717, 1.165) is 6.92 Å². The highest BCUT2D eigenvalue weighted by molar-refractivity contribution is 4.83. The number of ether oxygens (including phenoxy) is 1. The maximum Gasteiger partial charge on any atom is 0.460 e. The van der Waals surface area contributed by atoms with Crippen molar-refractivity contribution < 1.29 is 35.5 Å². The van der Waals surface area contributed by atoms with E-state index in [1.165, 1.54) is 0 Å². The van der Waals surface area contributed by atoms with Gasteiger partial charge in [-0.1, -0.05) is 0 Å². The van der Waals surface area contributed by atoms with E-state index in [9.17, 15) is 30.7 Å². The molecule has 0 aromatic rings. The molecule has 0 aliphatic carbocycles. The Hall–Kier alpha value is -0.610. The lowest BCUT2D eigenvalue weighted by molar-refractivity contribution is -0.394. The summed E-state index contributed by atoms with van der Waals surface area (Å²) in [6.07, 6.45) is -9.38. The number of hydrogen-bond donors (Lipinski definition) is 0. The highest BCUT2D eigenvalue weighted by atomic mass is 19.4. The molecule has 0 saturated carbocycles. The van der Waals surface area contributed by atoms with Crippen molar-refractivity contribution in [3.05, 3.63) is 0 Å². The van der Waals surface area contributed by atoms with Crippen LogP contribution in [0.25, 0.3) is 0 Å². The van der Waals surface area contributed by atoms with E-state index in [-0.39, 0.29) is 9.80 Å². The van der Waals surface area contributed by atoms with Crippen LogP contribution in [0.3, 0.4) is 0 Å². The molecule has 0 aromatic heterocycles. The number of halogens is 7. The van der Waals surface area contributed by atoms with E-state index >= 15 is 0 Å². The van der Waals surface area contributed by atoms with Gasteiger partial charge in [0.2, 0.25) is 0 Å². The van der Waals surface area contributed by atoms with Crippen molar-refractivity contribution in [3.8, 4) is 0 Å². The average molecular weight is 298 g/mol. The minimum absolute atomic E-state index is 0.00159. The van der Waals surface area contributed by atoms with Crippen molar-refractivity contribution in [3.63, 3.8) is 0 Å². The second-order valence-electron chi connectivity index (χ2n) is 3.93. The van der Waals surface area contributed by atoms with Gasteiger partial charge in [-0.05, 0) is 6.92 Å². The van der Waals surface area contributed by atoms with E-state index < -0.39 is 51.2 Å². The molecule has 0 unspecified atom stereocenters. The maximum atomic E-state index is 13.4. The fourth-order valence-corrected chi connectivity index (χ4v) is 1.69. The topological polar surface area (TPSA) is 15.7 Å². The summed E-state index contributed by atoms with van der Waals surface area (Å²) in [4.78, 5) is 0.00327. The fraction of sp³-hybridized carbons (Fsp3) is 1.00. The normalized spacial score (nSPS) is 20.8. The number of nitrogens with zero attached hydrogens (tertiary/aromatic N) is 2. The third-order valence-corrected chi connectivity index (χ3v) is 2.71. The van der Waals surface area contributed by atoms with Crippen LogP contribution in [0.15, 0.2) is 0 Å². The lowest BCUT2D eigenvalue weighted by Crippen LogP contribution is -2.62. The van der Waals surface area contributed by atoms with Crippen LogP contribution in [0.5, 0.6) is 0 Å². The summed E-state index contributed by atoms with van der Waals surface area (Å²) in [6.45, 7) is -2.75. The molecule has 3 nitrogen and oxygen atoms in total. The SMILES string of the molecule is CCOC(F)(F)C(F)(F)N1CCN(C(F)(F)F)CC1. The van der Waals surface area contributed by atoms with E-state index in [1.807, 2.05) is 0 Å². The molecule has 1 saturated heterocycles. The third-order valence-electron chi connectivity index (χ3n) is 2.71. The highest BCUT2D eigenvalue weighted by Gasteiger charge is 2.62. The molecular weight excluding hydrogens is 285 g/mol. The Morgan fingerprint density at radius 1 is 0.842 bits per heavy atom. The van der Waals surface area contributed by atoms with Crippen LogP contribution >= 0.6 is 0 Å². The molecule has 0 amide bonds. The molecule has 10 heteroatoms. The van der Waals surface area contributed by atoms with Gasteiger partial charge in [-0.15, -0.1) is 0 Å². The maximum absolute atomic E-state index is 13.4. The second-order valence-corrected chi connectivity index (χ2v) is 3.93. The fourth-order valence-electron chi connectivity index (χ4n) is 1.69. The summed E-state index contributed by atoms with van der Waals surface area (Å²) < 4.78 is 93.5. The molecule has 0 radical (unpaired) electrons. The van der Waals surface area contributed by atoms with Gasteiger partial charge in [-0.25, -0.2) is 9.80 Å². The van der Waals surface area contributed by atoms with Gasteiger partial charge in [0.1, 0.15) is 0 Å². The number of rotatable bonds is 4. The van der Waals surface area contributed by atoms with Crippen LogP contribution in [0.4, 0.5) is 30.7 Å². The van der Waals surface area contributed by atoms with Crippen LogP contribution in [-0.4, -0.2) is 61.0 Å². The molecule has 0 bridgehead atoms. The predicted octanol–water partition coefficient (Wildman–Crippen LogP) is 2.35. The monoisotopic (exact) mass is 298 g/mol. The van der Waals surface area contributed by atoms with Crippen LogP contribution < -0.4 is 0 Å². The van der Waals surface area contributed by atoms with Gasteiger partial charge in [0, 0.05) is 26.2 Å². The summed E-state index contributed by atoms with van der Waals surface area (Å²) in [6, 6.07) is -4.64. The van der Waals surface area contributed by atoms with E-state index in [2.05, 4.69) is 4.74 Å². The number of alkyl halides is 7. The van der Waals surface area contributed by atoms with Crippen molar-refractivity contribution in [2.24, 2.45) is 0 Å². The Morgan fingerprint density at radius 3 is 1.63 bits per heavy atom. The highest BCUT2D eigenvalue weighted by Crippen LogP contribution is 2.39. The zero-order valence-corrected chi connectivity index (χ0v) is 9.98. The molecular formula is C9H13F7N2O. The first kappa shape index (κ1) is 16.4. The van der Waals surface area contributed by atoms with Crippen molar-refractivity contribution in [2.45, 2.75) is 25.4 Å². The van der Waals surface area contributed by atoms with Gasteiger partial charge < -0.3 is 4.74 Å². The first-order valence-electron chi connectivity index (χ1n) is 5.48. The molecule has 1 rings (SSSR count). The van der Waals surface area contributed by atoms with Gasteiger partial charge in [-0.2, -0.15) is 30.7 Å². The number of piperazine rings is 1. The minimum atomic E-state index is -4.73. The predicted molar refractivity (Wildman–Crippen MR) is 50.7 cm³/mol. The summed E-state index contributed by atoms with van der Waals surface area (Å²) in [5.74, 6) is 0. The molecule has 1 heterocycles. The lowest BCUT2D eigenvalue weighted by Gasteiger charge is -2.40. The van der Waals surface area contributed by atoms with Gasteiger partial charge in [0.15, 0.2) is 0 Å².